The van der Waals surface area contributed by atoms with Gasteiger partial charge in [0, 0.05) is 6.42 Å². The lowest BCUT2D eigenvalue weighted by atomic mass is 10.1. The summed E-state index contributed by atoms with van der Waals surface area (Å²) in [7, 11) is 0. The van der Waals surface area contributed by atoms with Gasteiger partial charge in [0.05, 0.1) is 6.61 Å². The van der Waals surface area contributed by atoms with Crippen molar-refractivity contribution in [2.75, 3.05) is 19.7 Å². The normalized spacial score (nSPS) is 21.8. The van der Waals surface area contributed by atoms with Gasteiger partial charge in [-0.05, 0) is 31.8 Å². The minimum atomic E-state index is -0.0258. The van der Waals surface area contributed by atoms with Crippen molar-refractivity contribution in [1.82, 2.24) is 5.32 Å². The molecule has 0 amide bonds. The Labute approximate surface area is 79.8 Å². The van der Waals surface area contributed by atoms with Crippen LogP contribution in [0.5, 0.6) is 0 Å². The first-order chi connectivity index (χ1) is 6.33. The van der Waals surface area contributed by atoms with E-state index in [1.54, 1.807) is 0 Å². The molecule has 0 aromatic heterocycles. The quantitative estimate of drug-likeness (QED) is 0.518. The summed E-state index contributed by atoms with van der Waals surface area (Å²) in [5.74, 6) is 0.483. The number of hydrogen-bond donors (Lipinski definition) is 1. The van der Waals surface area contributed by atoms with Crippen molar-refractivity contribution in [3.05, 3.63) is 0 Å². The van der Waals surface area contributed by atoms with Crippen LogP contribution in [0.25, 0.3) is 0 Å². The molecule has 0 spiro atoms. The van der Waals surface area contributed by atoms with Gasteiger partial charge in [0.1, 0.15) is 0 Å². The molecule has 1 heterocycles. The van der Waals surface area contributed by atoms with E-state index in [1.807, 2.05) is 0 Å². The van der Waals surface area contributed by atoms with Crippen molar-refractivity contribution < 1.29 is 9.53 Å². The molecule has 1 rings (SSSR count). The average molecular weight is 185 g/mol. The Morgan fingerprint density at radius 1 is 1.62 bits per heavy atom. The Kier molecular flexibility index (Phi) is 4.83. The molecule has 0 saturated carbocycles. The number of carbonyl (C=O) groups is 1. The maximum absolute atomic E-state index is 11.2. The van der Waals surface area contributed by atoms with Crippen molar-refractivity contribution in [2.45, 2.75) is 32.6 Å². The van der Waals surface area contributed by atoms with Crippen LogP contribution in [0.1, 0.15) is 32.6 Å². The van der Waals surface area contributed by atoms with E-state index in [4.69, 9.17) is 4.74 Å². The molecule has 0 aromatic carbocycles. The molecule has 1 saturated heterocycles. The Balaban J connectivity index is 2.02. The molecule has 0 aliphatic carbocycles. The topological polar surface area (TPSA) is 38.3 Å². The summed E-state index contributed by atoms with van der Waals surface area (Å²) in [5, 5.41) is 3.24. The smallest absolute Gasteiger partial charge is 0.306 e. The van der Waals surface area contributed by atoms with Crippen LogP contribution in [0.4, 0.5) is 0 Å². The van der Waals surface area contributed by atoms with Crippen LogP contribution in [0.3, 0.4) is 0 Å². The standard InChI is InChI=1S/C10H19NO2/c1-2-3-6-13-10(12)7-9-4-5-11-8-9/h9,11H,2-8H2,1H3. The first-order valence-corrected chi connectivity index (χ1v) is 5.19. The molecule has 0 radical (unpaired) electrons. The van der Waals surface area contributed by atoms with E-state index >= 15 is 0 Å². The van der Waals surface area contributed by atoms with Crippen molar-refractivity contribution in [3.63, 3.8) is 0 Å². The van der Waals surface area contributed by atoms with Gasteiger partial charge in [0.15, 0.2) is 0 Å². The maximum Gasteiger partial charge on any atom is 0.306 e. The molecule has 1 unspecified atom stereocenters. The summed E-state index contributed by atoms with van der Waals surface area (Å²) in [6, 6.07) is 0. The monoisotopic (exact) mass is 185 g/mol. The summed E-state index contributed by atoms with van der Waals surface area (Å²) in [6.45, 7) is 4.71. The van der Waals surface area contributed by atoms with Crippen LogP contribution in [-0.4, -0.2) is 25.7 Å². The summed E-state index contributed by atoms with van der Waals surface area (Å²) in [6.07, 6.45) is 3.77. The molecule has 3 nitrogen and oxygen atoms in total. The van der Waals surface area contributed by atoms with Crippen LogP contribution in [0.15, 0.2) is 0 Å². The number of unbranched alkanes of at least 4 members (excludes halogenated alkanes) is 1. The Bertz CT molecular complexity index is 153. The maximum atomic E-state index is 11.2. The van der Waals surface area contributed by atoms with Gasteiger partial charge in [-0.1, -0.05) is 13.3 Å². The zero-order valence-corrected chi connectivity index (χ0v) is 8.34. The lowest BCUT2D eigenvalue weighted by Gasteiger charge is -2.07. The Morgan fingerprint density at radius 3 is 3.08 bits per heavy atom. The van der Waals surface area contributed by atoms with Gasteiger partial charge < -0.3 is 10.1 Å². The zero-order valence-electron chi connectivity index (χ0n) is 8.34. The van der Waals surface area contributed by atoms with Gasteiger partial charge in [0.25, 0.3) is 0 Å². The van der Waals surface area contributed by atoms with E-state index in [0.717, 1.165) is 32.4 Å². The van der Waals surface area contributed by atoms with E-state index in [1.165, 1.54) is 0 Å². The van der Waals surface area contributed by atoms with E-state index in [-0.39, 0.29) is 5.97 Å². The third-order valence-corrected chi connectivity index (χ3v) is 2.38. The lowest BCUT2D eigenvalue weighted by Crippen LogP contribution is -2.14. The summed E-state index contributed by atoms with van der Waals surface area (Å²) < 4.78 is 5.08. The second-order valence-corrected chi connectivity index (χ2v) is 3.64. The number of nitrogens with one attached hydrogen (secondary N) is 1. The highest BCUT2D eigenvalue weighted by molar-refractivity contribution is 5.69. The first kappa shape index (κ1) is 10.5. The molecule has 0 aromatic rings. The summed E-state index contributed by atoms with van der Waals surface area (Å²) >= 11 is 0. The molecule has 1 aliphatic rings. The van der Waals surface area contributed by atoms with Crippen LogP contribution >= 0.6 is 0 Å². The number of carbonyl (C=O) groups excluding carboxylic acids is 1. The van der Waals surface area contributed by atoms with Crippen molar-refractivity contribution >= 4 is 5.97 Å². The van der Waals surface area contributed by atoms with Gasteiger partial charge in [-0.3, -0.25) is 4.79 Å². The van der Waals surface area contributed by atoms with Gasteiger partial charge in [-0.15, -0.1) is 0 Å². The highest BCUT2D eigenvalue weighted by Gasteiger charge is 2.18. The van der Waals surface area contributed by atoms with Gasteiger partial charge in [-0.2, -0.15) is 0 Å². The van der Waals surface area contributed by atoms with Gasteiger partial charge in [0.2, 0.25) is 0 Å². The third-order valence-electron chi connectivity index (χ3n) is 2.38. The minimum absolute atomic E-state index is 0.0258. The largest absolute Gasteiger partial charge is 0.466 e. The SMILES string of the molecule is CCCCOC(=O)CC1CCNC1. The van der Waals surface area contributed by atoms with Crippen LogP contribution < -0.4 is 5.32 Å². The van der Waals surface area contributed by atoms with E-state index < -0.39 is 0 Å². The molecule has 76 valence electrons. The first-order valence-electron chi connectivity index (χ1n) is 5.19. The fourth-order valence-electron chi connectivity index (χ4n) is 1.51. The number of esters is 1. The van der Waals surface area contributed by atoms with E-state index in [0.29, 0.717) is 18.9 Å². The Hall–Kier alpha value is -0.570. The fourth-order valence-corrected chi connectivity index (χ4v) is 1.51. The Morgan fingerprint density at radius 2 is 2.46 bits per heavy atom. The second kappa shape index (κ2) is 5.97. The van der Waals surface area contributed by atoms with Crippen LogP contribution in [0.2, 0.25) is 0 Å². The minimum Gasteiger partial charge on any atom is -0.466 e. The number of rotatable bonds is 5. The summed E-state index contributed by atoms with van der Waals surface area (Å²) in [4.78, 5) is 11.2. The van der Waals surface area contributed by atoms with Crippen molar-refractivity contribution in [2.24, 2.45) is 5.92 Å². The van der Waals surface area contributed by atoms with E-state index in [2.05, 4.69) is 12.2 Å². The predicted octanol–water partition coefficient (Wildman–Crippen LogP) is 1.33. The molecular weight excluding hydrogens is 166 g/mol. The molecule has 1 aliphatic heterocycles. The number of hydrogen-bond acceptors (Lipinski definition) is 3. The second-order valence-electron chi connectivity index (χ2n) is 3.64. The number of ether oxygens (including phenoxy) is 1. The van der Waals surface area contributed by atoms with Crippen LogP contribution in [-0.2, 0) is 9.53 Å². The fraction of sp³-hybridized carbons (Fsp3) is 0.900. The summed E-state index contributed by atoms with van der Waals surface area (Å²) in [5.41, 5.74) is 0. The molecule has 1 N–H and O–H groups in total. The third kappa shape index (κ3) is 4.27. The molecule has 1 atom stereocenters. The molecular formula is C10H19NO2. The lowest BCUT2D eigenvalue weighted by molar-refractivity contribution is -0.144. The highest BCUT2D eigenvalue weighted by Crippen LogP contribution is 2.12. The van der Waals surface area contributed by atoms with Gasteiger partial charge >= 0.3 is 5.97 Å². The van der Waals surface area contributed by atoms with Crippen molar-refractivity contribution in [1.29, 1.82) is 0 Å². The zero-order chi connectivity index (χ0) is 9.52. The average Bonchev–Trinajstić information content (AvgIpc) is 2.57. The van der Waals surface area contributed by atoms with Gasteiger partial charge in [-0.25, -0.2) is 0 Å². The van der Waals surface area contributed by atoms with E-state index in [9.17, 15) is 4.79 Å². The molecule has 3 heteroatoms. The van der Waals surface area contributed by atoms with Crippen molar-refractivity contribution in [3.8, 4) is 0 Å². The molecule has 0 bridgehead atoms. The highest BCUT2D eigenvalue weighted by atomic mass is 16.5. The molecule has 1 fully saturated rings. The predicted molar refractivity (Wildman–Crippen MR) is 51.5 cm³/mol. The van der Waals surface area contributed by atoms with Crippen LogP contribution in [0, 0.1) is 5.92 Å². The molecule has 13 heavy (non-hydrogen) atoms.